The van der Waals surface area contributed by atoms with Crippen LogP contribution in [0.4, 0.5) is 0 Å². The van der Waals surface area contributed by atoms with Crippen LogP contribution in [0.1, 0.15) is 20.8 Å². The molecule has 0 aromatic carbocycles. The molecular weight excluding hydrogens is 126 g/mol. The van der Waals surface area contributed by atoms with Gasteiger partial charge in [-0.15, -0.1) is 0 Å². The highest BCUT2D eigenvalue weighted by Crippen LogP contribution is 1.98. The fourth-order valence-corrected chi connectivity index (χ4v) is 1.08. The third kappa shape index (κ3) is 3.15. The summed E-state index contributed by atoms with van der Waals surface area (Å²) in [6, 6.07) is 0.489. The predicted molar refractivity (Wildman–Crippen MR) is 44.5 cm³/mol. The van der Waals surface area contributed by atoms with E-state index >= 15 is 0 Å². The molecule has 0 fully saturated rings. The standard InChI is InChI=1S/C7H19N3/c1-6(2)10(5-4-8)7(3)9/h6-7H,4-5,8-9H2,1-3H3. The number of hydrogen-bond acceptors (Lipinski definition) is 3. The Hall–Kier alpha value is -0.120. The van der Waals surface area contributed by atoms with E-state index in [0.717, 1.165) is 6.54 Å². The van der Waals surface area contributed by atoms with Crippen LogP contribution in [0.5, 0.6) is 0 Å². The van der Waals surface area contributed by atoms with Crippen molar-refractivity contribution < 1.29 is 0 Å². The second-order valence-corrected chi connectivity index (χ2v) is 2.86. The Kier molecular flexibility index (Phi) is 4.60. The monoisotopic (exact) mass is 145 g/mol. The number of nitrogens with two attached hydrogens (primary N) is 2. The largest absolute Gasteiger partial charge is 0.329 e. The van der Waals surface area contributed by atoms with Crippen molar-refractivity contribution in [3.8, 4) is 0 Å². The third-order valence-corrected chi connectivity index (χ3v) is 1.57. The summed E-state index contributed by atoms with van der Waals surface area (Å²) < 4.78 is 0. The molecule has 3 nitrogen and oxygen atoms in total. The van der Waals surface area contributed by atoms with Gasteiger partial charge < -0.3 is 11.5 Å². The van der Waals surface area contributed by atoms with E-state index < -0.39 is 0 Å². The maximum absolute atomic E-state index is 5.69. The van der Waals surface area contributed by atoms with E-state index in [0.29, 0.717) is 12.6 Å². The average Bonchev–Trinajstić information content (AvgIpc) is 1.81. The summed E-state index contributed by atoms with van der Waals surface area (Å²) >= 11 is 0. The first kappa shape index (κ1) is 9.88. The second-order valence-electron chi connectivity index (χ2n) is 2.86. The maximum Gasteiger partial charge on any atom is 0.0545 e. The summed E-state index contributed by atoms with van der Waals surface area (Å²) in [5.74, 6) is 0. The smallest absolute Gasteiger partial charge is 0.0545 e. The first-order valence-corrected chi connectivity index (χ1v) is 3.81. The molecule has 0 rings (SSSR count). The first-order valence-electron chi connectivity index (χ1n) is 3.81. The Labute approximate surface area is 63.4 Å². The van der Waals surface area contributed by atoms with Gasteiger partial charge in [0.25, 0.3) is 0 Å². The van der Waals surface area contributed by atoms with Gasteiger partial charge in [-0.05, 0) is 20.8 Å². The second kappa shape index (κ2) is 4.66. The molecule has 0 aliphatic carbocycles. The minimum atomic E-state index is 0.114. The van der Waals surface area contributed by atoms with Gasteiger partial charge in [0.05, 0.1) is 6.17 Å². The summed E-state index contributed by atoms with van der Waals surface area (Å²) in [7, 11) is 0. The van der Waals surface area contributed by atoms with Crippen molar-refractivity contribution in [2.75, 3.05) is 13.1 Å². The van der Waals surface area contributed by atoms with Crippen LogP contribution in [-0.4, -0.2) is 30.2 Å². The lowest BCUT2D eigenvalue weighted by Crippen LogP contribution is -2.46. The molecule has 0 aliphatic rings. The van der Waals surface area contributed by atoms with Crippen molar-refractivity contribution in [2.45, 2.75) is 33.0 Å². The lowest BCUT2D eigenvalue weighted by Gasteiger charge is -2.29. The Bertz CT molecular complexity index is 72.9. The van der Waals surface area contributed by atoms with E-state index in [-0.39, 0.29) is 6.17 Å². The predicted octanol–water partition coefficient (Wildman–Crippen LogP) is -0.0398. The minimum absolute atomic E-state index is 0.114. The van der Waals surface area contributed by atoms with Crippen LogP contribution in [-0.2, 0) is 0 Å². The fourth-order valence-electron chi connectivity index (χ4n) is 1.08. The molecule has 1 atom stereocenters. The highest BCUT2D eigenvalue weighted by molar-refractivity contribution is 4.65. The lowest BCUT2D eigenvalue weighted by atomic mass is 10.3. The Morgan fingerprint density at radius 3 is 1.90 bits per heavy atom. The highest BCUT2D eigenvalue weighted by atomic mass is 15.2. The summed E-state index contributed by atoms with van der Waals surface area (Å²) in [4.78, 5) is 2.17. The molecule has 0 radical (unpaired) electrons. The maximum atomic E-state index is 5.69. The number of hydrogen-bond donors (Lipinski definition) is 2. The Morgan fingerprint density at radius 2 is 1.80 bits per heavy atom. The molecule has 0 saturated heterocycles. The minimum Gasteiger partial charge on any atom is -0.329 e. The van der Waals surface area contributed by atoms with E-state index in [4.69, 9.17) is 11.5 Å². The van der Waals surface area contributed by atoms with E-state index in [1.165, 1.54) is 0 Å². The van der Waals surface area contributed by atoms with Crippen LogP contribution in [0.3, 0.4) is 0 Å². The third-order valence-electron chi connectivity index (χ3n) is 1.57. The molecule has 1 unspecified atom stereocenters. The van der Waals surface area contributed by atoms with Crippen LogP contribution in [0.2, 0.25) is 0 Å². The van der Waals surface area contributed by atoms with Crippen molar-refractivity contribution in [1.29, 1.82) is 0 Å². The van der Waals surface area contributed by atoms with Gasteiger partial charge in [-0.3, -0.25) is 4.90 Å². The quantitative estimate of drug-likeness (QED) is 0.546. The van der Waals surface area contributed by atoms with Gasteiger partial charge in [0.1, 0.15) is 0 Å². The van der Waals surface area contributed by atoms with Crippen LogP contribution in [0.15, 0.2) is 0 Å². The molecule has 4 N–H and O–H groups in total. The molecule has 0 aromatic heterocycles. The van der Waals surface area contributed by atoms with Crippen molar-refractivity contribution in [1.82, 2.24) is 4.90 Å². The van der Waals surface area contributed by atoms with E-state index in [1.54, 1.807) is 0 Å². The average molecular weight is 145 g/mol. The number of rotatable bonds is 4. The van der Waals surface area contributed by atoms with Gasteiger partial charge in [-0.1, -0.05) is 0 Å². The van der Waals surface area contributed by atoms with Crippen LogP contribution >= 0.6 is 0 Å². The Morgan fingerprint density at radius 1 is 1.30 bits per heavy atom. The molecule has 0 saturated carbocycles. The molecular formula is C7H19N3. The summed E-state index contributed by atoms with van der Waals surface area (Å²) in [5.41, 5.74) is 11.1. The molecule has 62 valence electrons. The summed E-state index contributed by atoms with van der Waals surface area (Å²) in [6.45, 7) is 7.79. The van der Waals surface area contributed by atoms with Crippen molar-refractivity contribution >= 4 is 0 Å². The van der Waals surface area contributed by atoms with E-state index in [9.17, 15) is 0 Å². The molecule has 0 bridgehead atoms. The van der Waals surface area contributed by atoms with E-state index in [2.05, 4.69) is 18.7 Å². The fraction of sp³-hybridized carbons (Fsp3) is 1.00. The van der Waals surface area contributed by atoms with Crippen LogP contribution in [0, 0.1) is 0 Å². The van der Waals surface area contributed by atoms with Gasteiger partial charge >= 0.3 is 0 Å². The summed E-state index contributed by atoms with van der Waals surface area (Å²) in [5, 5.41) is 0. The highest BCUT2D eigenvalue weighted by Gasteiger charge is 2.11. The summed E-state index contributed by atoms with van der Waals surface area (Å²) in [6.07, 6.45) is 0.114. The van der Waals surface area contributed by atoms with Gasteiger partial charge in [-0.25, -0.2) is 0 Å². The topological polar surface area (TPSA) is 55.3 Å². The molecule has 0 spiro atoms. The van der Waals surface area contributed by atoms with Crippen molar-refractivity contribution in [2.24, 2.45) is 11.5 Å². The van der Waals surface area contributed by atoms with Crippen molar-refractivity contribution in [3.05, 3.63) is 0 Å². The molecule has 0 aromatic rings. The molecule has 3 heteroatoms. The zero-order valence-electron chi connectivity index (χ0n) is 7.17. The van der Waals surface area contributed by atoms with Gasteiger partial charge in [-0.2, -0.15) is 0 Å². The molecule has 10 heavy (non-hydrogen) atoms. The van der Waals surface area contributed by atoms with Gasteiger partial charge in [0.2, 0.25) is 0 Å². The normalized spacial score (nSPS) is 14.7. The van der Waals surface area contributed by atoms with Crippen LogP contribution in [0.25, 0.3) is 0 Å². The first-order chi connectivity index (χ1) is 4.59. The zero-order chi connectivity index (χ0) is 8.15. The SMILES string of the molecule is CC(C)N(CCN)C(C)N. The zero-order valence-corrected chi connectivity index (χ0v) is 7.17. The Balaban J connectivity index is 3.73. The van der Waals surface area contributed by atoms with Crippen molar-refractivity contribution in [3.63, 3.8) is 0 Å². The van der Waals surface area contributed by atoms with E-state index in [1.807, 2.05) is 6.92 Å². The molecule has 0 heterocycles. The van der Waals surface area contributed by atoms with Gasteiger partial charge in [0, 0.05) is 19.1 Å². The lowest BCUT2D eigenvalue weighted by molar-refractivity contribution is 0.173. The molecule has 0 aliphatic heterocycles. The molecule has 0 amide bonds. The number of nitrogens with zero attached hydrogens (tertiary/aromatic N) is 1. The van der Waals surface area contributed by atoms with Crippen LogP contribution < -0.4 is 11.5 Å². The van der Waals surface area contributed by atoms with Gasteiger partial charge in [0.15, 0.2) is 0 Å².